The van der Waals surface area contributed by atoms with Gasteiger partial charge in [0.05, 0.1) is 20.3 Å². The Morgan fingerprint density at radius 3 is 2.17 bits per heavy atom. The highest BCUT2D eigenvalue weighted by Crippen LogP contribution is 2.14. The monoisotopic (exact) mass is 320 g/mol. The topological polar surface area (TPSA) is 67.9 Å². The maximum atomic E-state index is 11.7. The van der Waals surface area contributed by atoms with E-state index in [1.165, 1.54) is 19.8 Å². The molecule has 0 saturated heterocycles. The average molecular weight is 320 g/mol. The first-order valence-corrected chi connectivity index (χ1v) is 7.50. The molecule has 0 aliphatic carbocycles. The van der Waals surface area contributed by atoms with E-state index in [0.29, 0.717) is 5.69 Å². The van der Waals surface area contributed by atoms with E-state index in [2.05, 4.69) is 33.5 Å². The number of methoxy groups -OCH3 is 2. The molecule has 0 radical (unpaired) electrons. The van der Waals surface area contributed by atoms with Gasteiger partial charge in [-0.15, -0.1) is 0 Å². The zero-order valence-electron chi connectivity index (χ0n) is 14.1. The van der Waals surface area contributed by atoms with Crippen LogP contribution in [0.3, 0.4) is 0 Å². The lowest BCUT2D eigenvalue weighted by Crippen LogP contribution is -2.22. The number of anilines is 1. The fraction of sp³-hybridized carbons (Fsp3) is 0.412. The molecular weight excluding hydrogens is 296 g/mol. The summed E-state index contributed by atoms with van der Waals surface area (Å²) >= 11 is 0. The first kappa shape index (κ1) is 18.7. The normalized spacial score (nSPS) is 11.3. The number of esters is 2. The second-order valence-corrected chi connectivity index (χ2v) is 4.86. The second kappa shape index (κ2) is 9.63. The van der Waals surface area contributed by atoms with Crippen molar-refractivity contribution in [1.82, 2.24) is 4.90 Å². The Kier molecular flexibility index (Phi) is 7.83. The van der Waals surface area contributed by atoms with Crippen molar-refractivity contribution in [3.63, 3.8) is 0 Å². The summed E-state index contributed by atoms with van der Waals surface area (Å²) < 4.78 is 9.18. The number of hydrogen-bond donors (Lipinski definition) is 1. The predicted octanol–water partition coefficient (Wildman–Crippen LogP) is 2.17. The number of carbonyl (C=O) groups excluding carboxylic acids is 2. The predicted molar refractivity (Wildman–Crippen MR) is 88.8 cm³/mol. The Morgan fingerprint density at radius 1 is 1.09 bits per heavy atom. The van der Waals surface area contributed by atoms with E-state index in [0.717, 1.165) is 25.7 Å². The lowest BCUT2D eigenvalue weighted by Gasteiger charge is -2.18. The number of nitrogens with zero attached hydrogens (tertiary/aromatic N) is 1. The Labute approximate surface area is 137 Å². The highest BCUT2D eigenvalue weighted by molar-refractivity contribution is 5.98. The van der Waals surface area contributed by atoms with Crippen LogP contribution in [0.25, 0.3) is 0 Å². The molecule has 0 spiro atoms. The van der Waals surface area contributed by atoms with Gasteiger partial charge in [0.15, 0.2) is 0 Å². The number of carbonyl (C=O) groups is 2. The molecular formula is C17H24N2O4. The smallest absolute Gasteiger partial charge is 0.354 e. The molecule has 0 heterocycles. The summed E-state index contributed by atoms with van der Waals surface area (Å²) in [5, 5.41) is 2.88. The minimum absolute atomic E-state index is 0.0239. The Balaban J connectivity index is 2.83. The minimum atomic E-state index is -0.636. The van der Waals surface area contributed by atoms with Crippen LogP contribution in [-0.4, -0.2) is 44.1 Å². The van der Waals surface area contributed by atoms with Gasteiger partial charge in [-0.25, -0.2) is 9.59 Å². The average Bonchev–Trinajstić information content (AvgIpc) is 2.59. The molecule has 1 rings (SSSR count). The van der Waals surface area contributed by atoms with Gasteiger partial charge in [0, 0.05) is 12.2 Å². The molecule has 0 aliphatic heterocycles. The van der Waals surface area contributed by atoms with E-state index in [-0.39, 0.29) is 5.70 Å². The number of benzene rings is 1. The van der Waals surface area contributed by atoms with Crippen molar-refractivity contribution in [3.8, 4) is 0 Å². The molecule has 0 fully saturated rings. The fourth-order valence-corrected chi connectivity index (χ4v) is 1.99. The first-order valence-electron chi connectivity index (χ1n) is 7.50. The van der Waals surface area contributed by atoms with E-state index in [9.17, 15) is 9.59 Å². The standard InChI is InChI=1S/C17H24N2O4/c1-5-19(6-2)12-13-7-9-14(10-8-13)18-15(17(21)23-4)11-16(20)22-3/h7-11,18H,5-6,12H2,1-4H3/b15-11+. The lowest BCUT2D eigenvalue weighted by atomic mass is 10.2. The number of hydrogen-bond acceptors (Lipinski definition) is 6. The number of ether oxygens (including phenoxy) is 2. The summed E-state index contributed by atoms with van der Waals surface area (Å²) in [6, 6.07) is 7.67. The number of nitrogens with one attached hydrogen (secondary N) is 1. The van der Waals surface area contributed by atoms with Crippen molar-refractivity contribution < 1.29 is 19.1 Å². The van der Waals surface area contributed by atoms with Crippen LogP contribution in [0.4, 0.5) is 5.69 Å². The molecule has 1 aromatic carbocycles. The largest absolute Gasteiger partial charge is 0.466 e. The van der Waals surface area contributed by atoms with Gasteiger partial charge in [0.25, 0.3) is 0 Å². The second-order valence-electron chi connectivity index (χ2n) is 4.86. The van der Waals surface area contributed by atoms with Gasteiger partial charge in [-0.2, -0.15) is 0 Å². The van der Waals surface area contributed by atoms with E-state index in [4.69, 9.17) is 0 Å². The molecule has 0 amide bonds. The van der Waals surface area contributed by atoms with E-state index in [1.54, 1.807) is 0 Å². The molecule has 0 aromatic heterocycles. The molecule has 6 nitrogen and oxygen atoms in total. The van der Waals surface area contributed by atoms with E-state index < -0.39 is 11.9 Å². The maximum absolute atomic E-state index is 11.7. The molecule has 0 saturated carbocycles. The summed E-state index contributed by atoms with van der Waals surface area (Å²) in [5.74, 6) is -1.27. The zero-order valence-corrected chi connectivity index (χ0v) is 14.1. The van der Waals surface area contributed by atoms with Crippen LogP contribution < -0.4 is 5.32 Å². The third kappa shape index (κ3) is 6.12. The maximum Gasteiger partial charge on any atom is 0.354 e. The third-order valence-electron chi connectivity index (χ3n) is 3.40. The van der Waals surface area contributed by atoms with Crippen molar-refractivity contribution in [1.29, 1.82) is 0 Å². The summed E-state index contributed by atoms with van der Waals surface area (Å²) in [4.78, 5) is 25.3. The van der Waals surface area contributed by atoms with Crippen LogP contribution >= 0.6 is 0 Å². The van der Waals surface area contributed by atoms with Crippen LogP contribution in [0.1, 0.15) is 19.4 Å². The van der Waals surface area contributed by atoms with Gasteiger partial charge in [0.2, 0.25) is 0 Å². The Hall–Kier alpha value is -2.34. The lowest BCUT2D eigenvalue weighted by molar-refractivity contribution is -0.138. The van der Waals surface area contributed by atoms with Crippen LogP contribution in [-0.2, 0) is 25.6 Å². The Bertz CT molecular complexity index is 548. The molecule has 1 N–H and O–H groups in total. The van der Waals surface area contributed by atoms with Crippen LogP contribution in [0.15, 0.2) is 36.0 Å². The van der Waals surface area contributed by atoms with Crippen LogP contribution in [0.5, 0.6) is 0 Å². The minimum Gasteiger partial charge on any atom is -0.466 e. The summed E-state index contributed by atoms with van der Waals surface area (Å²) in [6.07, 6.45) is 1.07. The van der Waals surface area contributed by atoms with Gasteiger partial charge in [0.1, 0.15) is 5.70 Å². The van der Waals surface area contributed by atoms with Gasteiger partial charge >= 0.3 is 11.9 Å². The summed E-state index contributed by atoms with van der Waals surface area (Å²) in [5.41, 5.74) is 1.89. The molecule has 0 unspecified atom stereocenters. The fourth-order valence-electron chi connectivity index (χ4n) is 1.99. The van der Waals surface area contributed by atoms with Gasteiger partial charge < -0.3 is 14.8 Å². The molecule has 23 heavy (non-hydrogen) atoms. The van der Waals surface area contributed by atoms with Crippen molar-refractivity contribution in [2.75, 3.05) is 32.6 Å². The van der Waals surface area contributed by atoms with E-state index >= 15 is 0 Å². The molecule has 0 bridgehead atoms. The van der Waals surface area contributed by atoms with Crippen LogP contribution in [0, 0.1) is 0 Å². The van der Waals surface area contributed by atoms with E-state index in [1.807, 2.05) is 24.3 Å². The van der Waals surface area contributed by atoms with Gasteiger partial charge in [-0.1, -0.05) is 26.0 Å². The van der Waals surface area contributed by atoms with Crippen molar-refractivity contribution in [3.05, 3.63) is 41.6 Å². The highest BCUT2D eigenvalue weighted by Gasteiger charge is 2.12. The number of rotatable bonds is 8. The summed E-state index contributed by atoms with van der Waals surface area (Å²) in [6.45, 7) is 7.10. The molecule has 126 valence electrons. The Morgan fingerprint density at radius 2 is 1.70 bits per heavy atom. The molecule has 0 atom stereocenters. The SMILES string of the molecule is CCN(CC)Cc1ccc(N/C(=C/C(=O)OC)C(=O)OC)cc1. The van der Waals surface area contributed by atoms with Crippen LogP contribution in [0.2, 0.25) is 0 Å². The highest BCUT2D eigenvalue weighted by atomic mass is 16.5. The summed E-state index contributed by atoms with van der Waals surface area (Å²) in [7, 11) is 2.50. The third-order valence-corrected chi connectivity index (χ3v) is 3.40. The van der Waals surface area contributed by atoms with Crippen molar-refractivity contribution >= 4 is 17.6 Å². The quantitative estimate of drug-likeness (QED) is 0.585. The molecule has 1 aromatic rings. The van der Waals surface area contributed by atoms with Crippen molar-refractivity contribution in [2.24, 2.45) is 0 Å². The van der Waals surface area contributed by atoms with Gasteiger partial charge in [-0.3, -0.25) is 4.90 Å². The first-order chi connectivity index (χ1) is 11.0. The van der Waals surface area contributed by atoms with Gasteiger partial charge in [-0.05, 0) is 30.8 Å². The zero-order chi connectivity index (χ0) is 17.2. The van der Waals surface area contributed by atoms with Crippen molar-refractivity contribution in [2.45, 2.75) is 20.4 Å². The molecule has 6 heteroatoms. The molecule has 0 aliphatic rings.